The van der Waals surface area contributed by atoms with E-state index in [2.05, 4.69) is 5.16 Å². The largest absolute Gasteiger partial charge is 0.410 e. The maximum atomic E-state index is 12.6. The second-order valence-corrected chi connectivity index (χ2v) is 4.65. The second-order valence-electron chi connectivity index (χ2n) is 4.65. The van der Waals surface area contributed by atoms with Crippen LogP contribution >= 0.6 is 0 Å². The first kappa shape index (κ1) is 12.4. The molecule has 3 rings (SSSR count). The lowest BCUT2D eigenvalue weighted by Gasteiger charge is -2.20. The van der Waals surface area contributed by atoms with Gasteiger partial charge >= 0.3 is 0 Å². The number of hydrogen-bond acceptors (Lipinski definition) is 3. The molecular formula is C16H14N2O2. The molecule has 4 heteroatoms. The number of carbonyl (C=O) groups excluding carboxylic acids is 1. The van der Waals surface area contributed by atoms with Crippen molar-refractivity contribution in [3.8, 4) is 0 Å². The molecule has 0 unspecified atom stereocenters. The molecular weight excluding hydrogens is 252 g/mol. The SMILES string of the molecule is O=C1/C(=N\O)c2ccccc2CCN1c1ccccc1. The molecule has 1 N–H and O–H groups in total. The standard InChI is InChI=1S/C16H14N2O2/c19-16-15(17-20)14-9-5-4-6-12(14)10-11-18(16)13-7-2-1-3-8-13/h1-9,20H,10-11H2/b17-15-. The summed E-state index contributed by atoms with van der Waals surface area (Å²) in [4.78, 5) is 14.2. The first-order chi connectivity index (χ1) is 9.81. The van der Waals surface area contributed by atoms with Crippen molar-refractivity contribution in [1.82, 2.24) is 0 Å². The molecule has 2 aromatic carbocycles. The Morgan fingerprint density at radius 3 is 2.45 bits per heavy atom. The summed E-state index contributed by atoms with van der Waals surface area (Å²) in [6.07, 6.45) is 0.732. The average molecular weight is 266 g/mol. The lowest BCUT2D eigenvalue weighted by molar-refractivity contribution is -0.112. The van der Waals surface area contributed by atoms with Crippen LogP contribution in [-0.2, 0) is 11.2 Å². The Labute approximate surface area is 117 Å². The van der Waals surface area contributed by atoms with E-state index in [1.54, 1.807) is 4.90 Å². The molecule has 0 aromatic heterocycles. The first-order valence-electron chi connectivity index (χ1n) is 6.48. The zero-order chi connectivity index (χ0) is 13.9. The summed E-state index contributed by atoms with van der Waals surface area (Å²) in [7, 11) is 0. The fourth-order valence-electron chi connectivity index (χ4n) is 2.50. The third-order valence-corrected chi connectivity index (χ3v) is 3.49. The van der Waals surface area contributed by atoms with Gasteiger partial charge in [0.2, 0.25) is 0 Å². The molecule has 4 nitrogen and oxygen atoms in total. The first-order valence-corrected chi connectivity index (χ1v) is 6.48. The molecule has 1 amide bonds. The molecule has 1 aliphatic rings. The van der Waals surface area contributed by atoms with Crippen molar-refractivity contribution in [2.45, 2.75) is 6.42 Å². The van der Waals surface area contributed by atoms with Gasteiger partial charge in [-0.15, -0.1) is 0 Å². The minimum Gasteiger partial charge on any atom is -0.410 e. The van der Waals surface area contributed by atoms with Crippen LogP contribution in [-0.4, -0.2) is 23.4 Å². The maximum absolute atomic E-state index is 12.6. The quantitative estimate of drug-likeness (QED) is 0.636. The van der Waals surface area contributed by atoms with Gasteiger partial charge in [0.1, 0.15) is 0 Å². The normalized spacial score (nSPS) is 16.9. The number of rotatable bonds is 1. The highest BCUT2D eigenvalue weighted by Gasteiger charge is 2.28. The van der Waals surface area contributed by atoms with Crippen molar-refractivity contribution < 1.29 is 10.0 Å². The fourth-order valence-corrected chi connectivity index (χ4v) is 2.50. The van der Waals surface area contributed by atoms with Crippen LogP contribution < -0.4 is 4.90 Å². The number of anilines is 1. The van der Waals surface area contributed by atoms with Gasteiger partial charge in [0.25, 0.3) is 5.91 Å². The number of benzene rings is 2. The predicted octanol–water partition coefficient (Wildman–Crippen LogP) is 2.45. The number of para-hydroxylation sites is 1. The minimum absolute atomic E-state index is 0.0990. The molecule has 0 saturated heterocycles. The highest BCUT2D eigenvalue weighted by Crippen LogP contribution is 2.22. The van der Waals surface area contributed by atoms with E-state index in [1.807, 2.05) is 54.6 Å². The molecule has 2 aromatic rings. The van der Waals surface area contributed by atoms with Crippen molar-refractivity contribution >= 4 is 17.3 Å². The lowest BCUT2D eigenvalue weighted by Crippen LogP contribution is -2.36. The molecule has 0 fully saturated rings. The third kappa shape index (κ3) is 2.05. The van der Waals surface area contributed by atoms with E-state index in [0.29, 0.717) is 12.1 Å². The highest BCUT2D eigenvalue weighted by molar-refractivity contribution is 6.49. The Hall–Kier alpha value is -2.62. The Balaban J connectivity index is 2.06. The average Bonchev–Trinajstić information content (AvgIpc) is 2.64. The van der Waals surface area contributed by atoms with Crippen LogP contribution in [0.5, 0.6) is 0 Å². The number of oxime groups is 1. The van der Waals surface area contributed by atoms with Crippen molar-refractivity contribution in [2.75, 3.05) is 11.4 Å². The Kier molecular flexibility index (Phi) is 3.21. The molecule has 0 aliphatic carbocycles. The van der Waals surface area contributed by atoms with E-state index in [4.69, 9.17) is 0 Å². The number of nitrogens with zero attached hydrogens (tertiary/aromatic N) is 2. The zero-order valence-electron chi connectivity index (χ0n) is 10.9. The van der Waals surface area contributed by atoms with Gasteiger partial charge < -0.3 is 10.1 Å². The summed E-state index contributed by atoms with van der Waals surface area (Å²) >= 11 is 0. The van der Waals surface area contributed by atoms with Crippen molar-refractivity contribution in [1.29, 1.82) is 0 Å². The summed E-state index contributed by atoms with van der Waals surface area (Å²) in [6, 6.07) is 17.0. The topological polar surface area (TPSA) is 52.9 Å². The molecule has 100 valence electrons. The van der Waals surface area contributed by atoms with Crippen LogP contribution in [0.2, 0.25) is 0 Å². The summed E-state index contributed by atoms with van der Waals surface area (Å²) < 4.78 is 0. The number of carbonyl (C=O) groups is 1. The Bertz CT molecular complexity index is 665. The van der Waals surface area contributed by atoms with Crippen LogP contribution in [0.25, 0.3) is 0 Å². The number of hydrogen-bond donors (Lipinski definition) is 1. The van der Waals surface area contributed by atoms with E-state index in [0.717, 1.165) is 17.7 Å². The van der Waals surface area contributed by atoms with Gasteiger partial charge in [-0.3, -0.25) is 4.79 Å². The highest BCUT2D eigenvalue weighted by atomic mass is 16.4. The number of fused-ring (bicyclic) bond motifs is 1. The van der Waals surface area contributed by atoms with Crippen molar-refractivity contribution in [2.24, 2.45) is 5.16 Å². The molecule has 0 saturated carbocycles. The van der Waals surface area contributed by atoms with Gasteiger partial charge in [-0.1, -0.05) is 47.6 Å². The lowest BCUT2D eigenvalue weighted by atomic mass is 10.0. The van der Waals surface area contributed by atoms with E-state index < -0.39 is 0 Å². The predicted molar refractivity (Wildman–Crippen MR) is 77.3 cm³/mol. The molecule has 0 radical (unpaired) electrons. The van der Waals surface area contributed by atoms with Gasteiger partial charge in [-0.2, -0.15) is 0 Å². The van der Waals surface area contributed by atoms with Gasteiger partial charge in [-0.05, 0) is 24.1 Å². The molecule has 0 bridgehead atoms. The van der Waals surface area contributed by atoms with Crippen LogP contribution in [0, 0.1) is 0 Å². The number of amides is 1. The summed E-state index contributed by atoms with van der Waals surface area (Å²) in [5.41, 5.74) is 2.64. The summed E-state index contributed by atoms with van der Waals surface area (Å²) in [5, 5.41) is 12.5. The van der Waals surface area contributed by atoms with E-state index >= 15 is 0 Å². The molecule has 1 aliphatic heterocycles. The van der Waals surface area contributed by atoms with Gasteiger partial charge in [-0.25, -0.2) is 0 Å². The van der Waals surface area contributed by atoms with Gasteiger partial charge in [0.05, 0.1) is 0 Å². The maximum Gasteiger partial charge on any atom is 0.280 e. The van der Waals surface area contributed by atoms with Gasteiger partial charge in [0, 0.05) is 17.8 Å². The summed E-state index contributed by atoms with van der Waals surface area (Å²) in [5.74, 6) is -0.274. The van der Waals surface area contributed by atoms with Gasteiger partial charge in [0.15, 0.2) is 5.71 Å². The zero-order valence-corrected chi connectivity index (χ0v) is 10.9. The molecule has 20 heavy (non-hydrogen) atoms. The Morgan fingerprint density at radius 1 is 1.00 bits per heavy atom. The van der Waals surface area contributed by atoms with Crippen LogP contribution in [0.4, 0.5) is 5.69 Å². The fraction of sp³-hybridized carbons (Fsp3) is 0.125. The molecule has 0 atom stereocenters. The van der Waals surface area contributed by atoms with Crippen molar-refractivity contribution in [3.63, 3.8) is 0 Å². The third-order valence-electron chi connectivity index (χ3n) is 3.49. The van der Waals surface area contributed by atoms with E-state index in [1.165, 1.54) is 0 Å². The summed E-state index contributed by atoms with van der Waals surface area (Å²) in [6.45, 7) is 0.568. The van der Waals surface area contributed by atoms with Crippen LogP contribution in [0.3, 0.4) is 0 Å². The van der Waals surface area contributed by atoms with E-state index in [-0.39, 0.29) is 11.6 Å². The monoisotopic (exact) mass is 266 g/mol. The molecule has 1 heterocycles. The van der Waals surface area contributed by atoms with Crippen LogP contribution in [0.15, 0.2) is 59.8 Å². The van der Waals surface area contributed by atoms with Crippen LogP contribution in [0.1, 0.15) is 11.1 Å². The Morgan fingerprint density at radius 2 is 1.70 bits per heavy atom. The second kappa shape index (κ2) is 5.17. The molecule has 0 spiro atoms. The minimum atomic E-state index is -0.274. The van der Waals surface area contributed by atoms with E-state index in [9.17, 15) is 10.0 Å². The van der Waals surface area contributed by atoms with Crippen molar-refractivity contribution in [3.05, 3.63) is 65.7 Å². The smallest absolute Gasteiger partial charge is 0.280 e.